The highest BCUT2D eigenvalue weighted by molar-refractivity contribution is 7.95. The summed E-state index contributed by atoms with van der Waals surface area (Å²) in [4.78, 5) is 8.99. The standard InChI is InChI=1S/C21H17N3O4S2/c1-27-6-7-28-19-11-30(25,26)21-10-14-16(4-5-22-17(14)9-15(19)21)24-13-2-3-20-18(8-13)23-12-29-20/h2-5,8-12H,6-7H2,1H3,(H,22,24). The largest absolute Gasteiger partial charge is 0.490 e. The number of methoxy groups -OCH3 is 1. The Balaban J connectivity index is 1.56. The summed E-state index contributed by atoms with van der Waals surface area (Å²) < 4.78 is 37.1. The number of nitrogens with zero attached hydrogens (tertiary/aromatic N) is 2. The zero-order chi connectivity index (χ0) is 20.7. The summed E-state index contributed by atoms with van der Waals surface area (Å²) in [6, 6.07) is 11.2. The van der Waals surface area contributed by atoms with E-state index >= 15 is 0 Å². The normalized spacial score (nSPS) is 14.6. The van der Waals surface area contributed by atoms with Gasteiger partial charge in [0.25, 0.3) is 0 Å². The number of thiazole rings is 1. The lowest BCUT2D eigenvalue weighted by Gasteiger charge is -2.12. The lowest BCUT2D eigenvalue weighted by molar-refractivity contribution is 0.133. The van der Waals surface area contributed by atoms with Gasteiger partial charge in [-0.2, -0.15) is 0 Å². The Morgan fingerprint density at radius 1 is 1.07 bits per heavy atom. The third kappa shape index (κ3) is 3.30. The Bertz CT molecular complexity index is 1410. The van der Waals surface area contributed by atoms with Gasteiger partial charge in [0.05, 0.1) is 38.2 Å². The van der Waals surface area contributed by atoms with Gasteiger partial charge in [-0.05, 0) is 36.4 Å². The van der Waals surface area contributed by atoms with Crippen molar-refractivity contribution >= 4 is 59.4 Å². The fraction of sp³-hybridized carbons (Fsp3) is 0.143. The van der Waals surface area contributed by atoms with Crippen LogP contribution in [0.4, 0.5) is 11.4 Å². The first kappa shape index (κ1) is 19.0. The number of sulfone groups is 1. The number of fused-ring (bicyclic) bond motifs is 3. The van der Waals surface area contributed by atoms with Crippen molar-refractivity contribution in [1.29, 1.82) is 0 Å². The van der Waals surface area contributed by atoms with Gasteiger partial charge in [-0.1, -0.05) is 0 Å². The molecule has 0 bridgehead atoms. The lowest BCUT2D eigenvalue weighted by atomic mass is 10.1. The maximum atomic E-state index is 12.7. The van der Waals surface area contributed by atoms with E-state index in [1.165, 1.54) is 0 Å². The molecule has 0 amide bonds. The van der Waals surface area contributed by atoms with Crippen LogP contribution in [0, 0.1) is 0 Å². The number of benzene rings is 2. The quantitative estimate of drug-likeness (QED) is 0.447. The second-order valence-electron chi connectivity index (χ2n) is 6.75. The fourth-order valence-electron chi connectivity index (χ4n) is 3.42. The number of ether oxygens (including phenoxy) is 2. The van der Waals surface area contributed by atoms with Crippen molar-refractivity contribution < 1.29 is 17.9 Å². The van der Waals surface area contributed by atoms with E-state index in [4.69, 9.17) is 9.47 Å². The van der Waals surface area contributed by atoms with Gasteiger partial charge in [0.15, 0.2) is 0 Å². The van der Waals surface area contributed by atoms with E-state index in [2.05, 4.69) is 15.3 Å². The van der Waals surface area contributed by atoms with Crippen molar-refractivity contribution in [2.75, 3.05) is 25.6 Å². The third-order valence-corrected chi connectivity index (χ3v) is 7.12. The molecule has 1 aliphatic heterocycles. The van der Waals surface area contributed by atoms with Crippen molar-refractivity contribution in [2.24, 2.45) is 0 Å². The SMILES string of the molecule is COCCOC1=CS(=O)(=O)c2cc3c(Nc4ccc5scnc5c4)ccnc3cc21. The topological polar surface area (TPSA) is 90.4 Å². The minimum absolute atomic E-state index is 0.216. The van der Waals surface area contributed by atoms with Gasteiger partial charge in [0.1, 0.15) is 12.4 Å². The number of pyridine rings is 1. The molecule has 0 aliphatic carbocycles. The summed E-state index contributed by atoms with van der Waals surface area (Å²) in [5, 5.41) is 5.24. The van der Waals surface area contributed by atoms with Gasteiger partial charge in [0.2, 0.25) is 9.84 Å². The zero-order valence-corrected chi connectivity index (χ0v) is 17.6. The molecule has 0 fully saturated rings. The molecule has 2 aromatic heterocycles. The fourth-order valence-corrected chi connectivity index (χ4v) is 5.43. The van der Waals surface area contributed by atoms with Gasteiger partial charge in [-0.25, -0.2) is 13.4 Å². The molecular formula is C21H17N3O4S2. The molecule has 3 heterocycles. The molecule has 0 spiro atoms. The van der Waals surface area contributed by atoms with Gasteiger partial charge >= 0.3 is 0 Å². The molecular weight excluding hydrogens is 422 g/mol. The van der Waals surface area contributed by atoms with E-state index in [1.54, 1.807) is 36.8 Å². The van der Waals surface area contributed by atoms with Crippen LogP contribution in [0.1, 0.15) is 5.56 Å². The summed E-state index contributed by atoms with van der Waals surface area (Å²) in [7, 11) is -2.02. The molecule has 0 unspecified atom stereocenters. The van der Waals surface area contributed by atoms with Crippen LogP contribution in [0.15, 0.2) is 58.4 Å². The maximum absolute atomic E-state index is 12.7. The van der Waals surface area contributed by atoms with Crippen LogP contribution < -0.4 is 5.32 Å². The van der Waals surface area contributed by atoms with Gasteiger partial charge in [-0.3, -0.25) is 4.98 Å². The second-order valence-corrected chi connectivity index (χ2v) is 9.40. The first-order valence-corrected chi connectivity index (χ1v) is 11.6. The van der Waals surface area contributed by atoms with Crippen molar-refractivity contribution in [3.05, 3.63) is 59.1 Å². The summed E-state index contributed by atoms with van der Waals surface area (Å²) in [5.74, 6) is 0.318. The Labute approximate surface area is 176 Å². The number of anilines is 2. The molecule has 2 aromatic carbocycles. The van der Waals surface area contributed by atoms with Crippen LogP contribution in [0.5, 0.6) is 0 Å². The molecule has 0 saturated carbocycles. The van der Waals surface area contributed by atoms with Gasteiger partial charge < -0.3 is 14.8 Å². The first-order chi connectivity index (χ1) is 14.5. The molecule has 5 rings (SSSR count). The Hall–Kier alpha value is -3.01. The summed E-state index contributed by atoms with van der Waals surface area (Å²) in [6.45, 7) is 0.638. The molecule has 152 valence electrons. The monoisotopic (exact) mass is 439 g/mol. The van der Waals surface area contributed by atoms with Crippen molar-refractivity contribution in [2.45, 2.75) is 4.90 Å². The van der Waals surface area contributed by atoms with E-state index in [1.807, 2.05) is 29.8 Å². The highest BCUT2D eigenvalue weighted by Gasteiger charge is 2.29. The van der Waals surface area contributed by atoms with Crippen LogP contribution in [-0.2, 0) is 19.3 Å². The molecule has 0 atom stereocenters. The zero-order valence-electron chi connectivity index (χ0n) is 16.0. The van der Waals surface area contributed by atoms with Crippen LogP contribution in [0.2, 0.25) is 0 Å². The summed E-state index contributed by atoms with van der Waals surface area (Å²) >= 11 is 1.58. The van der Waals surface area contributed by atoms with Crippen LogP contribution in [-0.4, -0.2) is 38.7 Å². The van der Waals surface area contributed by atoms with Crippen LogP contribution in [0.3, 0.4) is 0 Å². The lowest BCUT2D eigenvalue weighted by Crippen LogP contribution is -2.01. The van der Waals surface area contributed by atoms with E-state index in [-0.39, 0.29) is 11.5 Å². The predicted octanol–water partition coefficient (Wildman–Crippen LogP) is 4.34. The van der Waals surface area contributed by atoms with Crippen molar-refractivity contribution in [1.82, 2.24) is 9.97 Å². The molecule has 30 heavy (non-hydrogen) atoms. The Morgan fingerprint density at radius 3 is 2.83 bits per heavy atom. The molecule has 4 aromatic rings. The van der Waals surface area contributed by atoms with Crippen LogP contribution >= 0.6 is 11.3 Å². The summed E-state index contributed by atoms with van der Waals surface area (Å²) in [6.07, 6.45) is 1.69. The number of rotatable bonds is 6. The van der Waals surface area contributed by atoms with Crippen LogP contribution in [0.25, 0.3) is 26.9 Å². The number of hydrogen-bond acceptors (Lipinski definition) is 8. The number of aromatic nitrogens is 2. The molecule has 7 nitrogen and oxygen atoms in total. The van der Waals surface area contributed by atoms with E-state index in [9.17, 15) is 8.42 Å². The average Bonchev–Trinajstić information content (AvgIpc) is 3.29. The predicted molar refractivity (Wildman–Crippen MR) is 118 cm³/mol. The Morgan fingerprint density at radius 2 is 1.97 bits per heavy atom. The first-order valence-electron chi connectivity index (χ1n) is 9.17. The minimum Gasteiger partial charge on any atom is -0.490 e. The number of nitrogens with one attached hydrogen (secondary N) is 1. The smallest absolute Gasteiger partial charge is 0.204 e. The Kier molecular flexibility index (Phi) is 4.65. The maximum Gasteiger partial charge on any atom is 0.204 e. The number of hydrogen-bond donors (Lipinski definition) is 1. The van der Waals surface area contributed by atoms with E-state index in [0.29, 0.717) is 28.8 Å². The molecule has 1 N–H and O–H groups in total. The molecule has 0 saturated heterocycles. The third-order valence-electron chi connectivity index (χ3n) is 4.83. The minimum atomic E-state index is -3.59. The highest BCUT2D eigenvalue weighted by Crippen LogP contribution is 2.38. The molecule has 1 aliphatic rings. The van der Waals surface area contributed by atoms with Crippen molar-refractivity contribution in [3.63, 3.8) is 0 Å². The van der Waals surface area contributed by atoms with E-state index < -0.39 is 9.84 Å². The average molecular weight is 440 g/mol. The molecule has 0 radical (unpaired) electrons. The van der Waals surface area contributed by atoms with Crippen molar-refractivity contribution in [3.8, 4) is 0 Å². The van der Waals surface area contributed by atoms with E-state index in [0.717, 1.165) is 27.0 Å². The highest BCUT2D eigenvalue weighted by atomic mass is 32.2. The van der Waals surface area contributed by atoms with Gasteiger partial charge in [0, 0.05) is 35.6 Å². The summed E-state index contributed by atoms with van der Waals surface area (Å²) in [5.41, 5.74) is 5.55. The molecule has 9 heteroatoms. The second kappa shape index (κ2) is 7.35. The van der Waals surface area contributed by atoms with Gasteiger partial charge in [-0.15, -0.1) is 11.3 Å².